The minimum absolute atomic E-state index is 0.0130. The van der Waals surface area contributed by atoms with E-state index in [0.29, 0.717) is 24.9 Å². The maximum Gasteiger partial charge on any atom is 0.313 e. The zero-order valence-electron chi connectivity index (χ0n) is 14.5. The summed E-state index contributed by atoms with van der Waals surface area (Å²) in [5.74, 6) is -2.92. The number of methoxy groups -OCH3 is 1. The predicted octanol–water partition coefficient (Wildman–Crippen LogP) is 1.59. The highest BCUT2D eigenvalue weighted by molar-refractivity contribution is 6.01. The van der Waals surface area contributed by atoms with E-state index >= 15 is 0 Å². The first-order valence-electron chi connectivity index (χ1n) is 8.47. The van der Waals surface area contributed by atoms with Crippen LogP contribution in [-0.4, -0.2) is 54.6 Å². The SMILES string of the molecule is COCC1(C(=O)O)CCCN(C(=O)C2CC(=O)Nc3cc(F)ccc32)C1. The van der Waals surface area contributed by atoms with E-state index in [1.165, 1.54) is 30.2 Å². The molecule has 2 atom stereocenters. The second-order valence-corrected chi connectivity index (χ2v) is 6.92. The molecule has 0 aromatic heterocycles. The van der Waals surface area contributed by atoms with Gasteiger partial charge in [-0.3, -0.25) is 14.4 Å². The van der Waals surface area contributed by atoms with Crippen LogP contribution in [-0.2, 0) is 19.1 Å². The van der Waals surface area contributed by atoms with Gasteiger partial charge in [-0.1, -0.05) is 6.07 Å². The number of hydrogen-bond donors (Lipinski definition) is 2. The van der Waals surface area contributed by atoms with Crippen LogP contribution in [0.5, 0.6) is 0 Å². The third kappa shape index (κ3) is 3.29. The number of piperidine rings is 1. The predicted molar refractivity (Wildman–Crippen MR) is 90.1 cm³/mol. The van der Waals surface area contributed by atoms with Crippen LogP contribution in [0.4, 0.5) is 10.1 Å². The number of halogens is 1. The van der Waals surface area contributed by atoms with Crippen molar-refractivity contribution in [2.75, 3.05) is 32.1 Å². The van der Waals surface area contributed by atoms with Crippen LogP contribution in [0.15, 0.2) is 18.2 Å². The van der Waals surface area contributed by atoms with Crippen molar-refractivity contribution in [2.45, 2.75) is 25.2 Å². The number of rotatable bonds is 4. The summed E-state index contributed by atoms with van der Waals surface area (Å²) >= 11 is 0. The lowest BCUT2D eigenvalue weighted by molar-refractivity contribution is -0.159. The minimum Gasteiger partial charge on any atom is -0.481 e. The molecule has 1 aromatic carbocycles. The first kappa shape index (κ1) is 18.3. The Hall–Kier alpha value is -2.48. The van der Waals surface area contributed by atoms with Gasteiger partial charge in [0.25, 0.3) is 0 Å². The van der Waals surface area contributed by atoms with Crippen LogP contribution in [0, 0.1) is 11.2 Å². The van der Waals surface area contributed by atoms with Crippen LogP contribution in [0.3, 0.4) is 0 Å². The fourth-order valence-electron chi connectivity index (χ4n) is 3.83. The Morgan fingerprint density at radius 3 is 2.92 bits per heavy atom. The molecule has 7 nitrogen and oxygen atoms in total. The van der Waals surface area contributed by atoms with Crippen molar-refractivity contribution in [3.05, 3.63) is 29.6 Å². The molecule has 1 fully saturated rings. The van der Waals surface area contributed by atoms with Gasteiger partial charge in [0.15, 0.2) is 0 Å². The van der Waals surface area contributed by atoms with Crippen molar-refractivity contribution in [2.24, 2.45) is 5.41 Å². The van der Waals surface area contributed by atoms with Crippen LogP contribution < -0.4 is 5.32 Å². The number of carbonyl (C=O) groups excluding carboxylic acids is 2. The topological polar surface area (TPSA) is 95.9 Å². The molecule has 0 aliphatic carbocycles. The minimum atomic E-state index is -1.15. The Labute approximate surface area is 150 Å². The Balaban J connectivity index is 1.87. The molecule has 1 aromatic rings. The molecule has 2 aliphatic rings. The third-order valence-corrected chi connectivity index (χ3v) is 5.12. The molecule has 0 saturated carbocycles. The van der Waals surface area contributed by atoms with Crippen molar-refractivity contribution in [1.82, 2.24) is 4.90 Å². The molecule has 2 amide bonds. The van der Waals surface area contributed by atoms with E-state index in [1.54, 1.807) is 0 Å². The molecule has 2 heterocycles. The van der Waals surface area contributed by atoms with E-state index in [4.69, 9.17) is 4.74 Å². The van der Waals surface area contributed by atoms with Gasteiger partial charge in [0, 0.05) is 32.3 Å². The molecule has 26 heavy (non-hydrogen) atoms. The summed E-state index contributed by atoms with van der Waals surface area (Å²) in [6.07, 6.45) is 0.918. The lowest BCUT2D eigenvalue weighted by atomic mass is 9.79. The monoisotopic (exact) mass is 364 g/mol. The fraction of sp³-hybridized carbons (Fsp3) is 0.500. The second-order valence-electron chi connectivity index (χ2n) is 6.92. The Bertz CT molecular complexity index is 749. The van der Waals surface area contributed by atoms with Crippen LogP contribution in [0.25, 0.3) is 0 Å². The molecule has 2 unspecified atom stereocenters. The number of amides is 2. The molecule has 0 bridgehead atoms. The van der Waals surface area contributed by atoms with Gasteiger partial charge in [0.1, 0.15) is 11.2 Å². The molecule has 1 saturated heterocycles. The van der Waals surface area contributed by atoms with E-state index in [0.717, 1.165) is 0 Å². The Kier molecular flexibility index (Phi) is 4.95. The van der Waals surface area contributed by atoms with Gasteiger partial charge in [-0.2, -0.15) is 0 Å². The van der Waals surface area contributed by atoms with E-state index in [1.807, 2.05) is 0 Å². The van der Waals surface area contributed by atoms with Gasteiger partial charge in [0.05, 0.1) is 12.5 Å². The number of likely N-dealkylation sites (tertiary alicyclic amines) is 1. The highest BCUT2D eigenvalue weighted by Gasteiger charge is 2.45. The van der Waals surface area contributed by atoms with E-state index in [-0.39, 0.29) is 37.1 Å². The van der Waals surface area contributed by atoms with Gasteiger partial charge in [-0.05, 0) is 30.5 Å². The van der Waals surface area contributed by atoms with Crippen molar-refractivity contribution in [1.29, 1.82) is 0 Å². The smallest absolute Gasteiger partial charge is 0.313 e. The van der Waals surface area contributed by atoms with Crippen molar-refractivity contribution >= 4 is 23.5 Å². The van der Waals surface area contributed by atoms with Crippen LogP contribution in [0.1, 0.15) is 30.7 Å². The zero-order chi connectivity index (χ0) is 18.9. The number of aliphatic carboxylic acids is 1. The normalized spacial score (nSPS) is 25.4. The van der Waals surface area contributed by atoms with Crippen molar-refractivity contribution in [3.63, 3.8) is 0 Å². The quantitative estimate of drug-likeness (QED) is 0.846. The van der Waals surface area contributed by atoms with Gasteiger partial charge >= 0.3 is 5.97 Å². The first-order valence-corrected chi connectivity index (χ1v) is 8.47. The number of carbonyl (C=O) groups is 3. The Morgan fingerprint density at radius 2 is 2.23 bits per heavy atom. The van der Waals surface area contributed by atoms with Gasteiger partial charge in [-0.15, -0.1) is 0 Å². The molecule has 3 rings (SSSR count). The molecule has 2 aliphatic heterocycles. The number of carboxylic acids is 1. The molecule has 0 spiro atoms. The summed E-state index contributed by atoms with van der Waals surface area (Å²) in [6.45, 7) is 0.467. The molecule has 140 valence electrons. The van der Waals surface area contributed by atoms with Crippen molar-refractivity contribution < 1.29 is 28.6 Å². The number of ether oxygens (including phenoxy) is 1. The van der Waals surface area contributed by atoms with E-state index in [9.17, 15) is 23.9 Å². The van der Waals surface area contributed by atoms with Gasteiger partial charge in [-0.25, -0.2) is 4.39 Å². The summed E-state index contributed by atoms with van der Waals surface area (Å²) in [5.41, 5.74) is -0.308. The first-order chi connectivity index (χ1) is 12.4. The lowest BCUT2D eigenvalue weighted by Gasteiger charge is -2.41. The number of fused-ring (bicyclic) bond motifs is 1. The van der Waals surface area contributed by atoms with E-state index in [2.05, 4.69) is 5.32 Å². The molecule has 2 N–H and O–H groups in total. The summed E-state index contributed by atoms with van der Waals surface area (Å²) < 4.78 is 18.5. The second kappa shape index (κ2) is 7.03. The number of nitrogens with one attached hydrogen (secondary N) is 1. The van der Waals surface area contributed by atoms with Gasteiger partial charge < -0.3 is 20.1 Å². The van der Waals surface area contributed by atoms with Crippen molar-refractivity contribution in [3.8, 4) is 0 Å². The molecule has 8 heteroatoms. The number of hydrogen-bond acceptors (Lipinski definition) is 4. The summed E-state index contributed by atoms with van der Waals surface area (Å²) in [7, 11) is 1.43. The lowest BCUT2D eigenvalue weighted by Crippen LogP contribution is -2.53. The largest absolute Gasteiger partial charge is 0.481 e. The van der Waals surface area contributed by atoms with E-state index < -0.39 is 23.1 Å². The Morgan fingerprint density at radius 1 is 1.46 bits per heavy atom. The average molecular weight is 364 g/mol. The molecular formula is C18H21FN2O5. The number of carboxylic acid groups (broad SMARTS) is 1. The number of benzene rings is 1. The highest BCUT2D eigenvalue weighted by atomic mass is 19.1. The van der Waals surface area contributed by atoms with Crippen LogP contribution >= 0.6 is 0 Å². The third-order valence-electron chi connectivity index (χ3n) is 5.12. The number of nitrogens with zero attached hydrogens (tertiary/aromatic N) is 1. The zero-order valence-corrected chi connectivity index (χ0v) is 14.5. The van der Waals surface area contributed by atoms with Crippen LogP contribution in [0.2, 0.25) is 0 Å². The average Bonchev–Trinajstić information content (AvgIpc) is 2.60. The maximum absolute atomic E-state index is 13.5. The standard InChI is InChI=1S/C18H21FN2O5/c1-26-10-18(17(24)25)5-2-6-21(9-18)16(23)13-8-15(22)20-14-7-11(19)3-4-12(13)14/h3-4,7,13H,2,5-6,8-10H2,1H3,(H,20,22)(H,24,25). The summed E-state index contributed by atoms with van der Waals surface area (Å²) in [4.78, 5) is 38.3. The van der Waals surface area contributed by atoms with Gasteiger partial charge in [0.2, 0.25) is 11.8 Å². The fourth-order valence-corrected chi connectivity index (χ4v) is 3.83. The number of anilines is 1. The summed E-state index contributed by atoms with van der Waals surface area (Å²) in [6, 6.07) is 3.94. The summed E-state index contributed by atoms with van der Waals surface area (Å²) in [5, 5.41) is 12.2. The highest BCUT2D eigenvalue weighted by Crippen LogP contribution is 2.37. The molecule has 0 radical (unpaired) electrons. The maximum atomic E-state index is 13.5. The molecular weight excluding hydrogens is 343 g/mol.